The minimum atomic E-state index is -0.470. The number of benzene rings is 1. The summed E-state index contributed by atoms with van der Waals surface area (Å²) in [6.45, 7) is 2.03. The zero-order chi connectivity index (χ0) is 20.2. The minimum Gasteiger partial charge on any atom is -0.461 e. The van der Waals surface area contributed by atoms with Crippen molar-refractivity contribution in [3.8, 4) is 15.6 Å². The molecule has 4 rings (SSSR count). The van der Waals surface area contributed by atoms with E-state index in [4.69, 9.17) is 4.74 Å². The highest BCUT2D eigenvalue weighted by atomic mass is 32.1. The molecule has 0 unspecified atom stereocenters. The molecule has 0 fully saturated rings. The Labute approximate surface area is 174 Å². The second-order valence-corrected chi connectivity index (χ2v) is 7.86. The summed E-state index contributed by atoms with van der Waals surface area (Å²) in [6, 6.07) is 12.7. The Kier molecular flexibility index (Phi) is 5.50. The number of hydrogen-bond donors (Lipinski definition) is 1. The van der Waals surface area contributed by atoms with E-state index >= 15 is 0 Å². The number of nitrogens with zero attached hydrogens (tertiary/aromatic N) is 3. The van der Waals surface area contributed by atoms with Gasteiger partial charge in [0.05, 0.1) is 23.4 Å². The number of amides is 1. The van der Waals surface area contributed by atoms with Crippen LogP contribution in [0.15, 0.2) is 60.2 Å². The van der Waals surface area contributed by atoms with Crippen LogP contribution >= 0.6 is 22.7 Å². The number of ether oxygens (including phenoxy) is 1. The number of hydrogen-bond acceptors (Lipinski definition) is 7. The summed E-state index contributed by atoms with van der Waals surface area (Å²) in [7, 11) is 0. The summed E-state index contributed by atoms with van der Waals surface area (Å²) in [5, 5.41) is 9.91. The smallest absolute Gasteiger partial charge is 0.358 e. The second kappa shape index (κ2) is 8.38. The van der Waals surface area contributed by atoms with Gasteiger partial charge in [0.15, 0.2) is 5.69 Å². The summed E-state index contributed by atoms with van der Waals surface area (Å²) in [6.07, 6.45) is 3.25. The number of nitrogens with one attached hydrogen (secondary N) is 1. The first-order chi connectivity index (χ1) is 14.1. The molecule has 3 heterocycles. The Morgan fingerprint density at radius 1 is 1.21 bits per heavy atom. The molecule has 9 heteroatoms. The van der Waals surface area contributed by atoms with E-state index < -0.39 is 5.97 Å². The third-order valence-corrected chi connectivity index (χ3v) is 5.94. The van der Waals surface area contributed by atoms with Crippen molar-refractivity contribution in [3.05, 3.63) is 70.8 Å². The summed E-state index contributed by atoms with van der Waals surface area (Å²) in [5.41, 5.74) is 1.56. The largest absolute Gasteiger partial charge is 0.461 e. The molecule has 0 saturated heterocycles. The Morgan fingerprint density at radius 2 is 2.10 bits per heavy atom. The Morgan fingerprint density at radius 3 is 2.90 bits per heavy atom. The fourth-order valence-electron chi connectivity index (χ4n) is 2.59. The molecule has 0 aliphatic carbocycles. The monoisotopic (exact) mass is 424 g/mol. The zero-order valence-electron chi connectivity index (χ0n) is 15.4. The maximum atomic E-state index is 12.6. The van der Waals surface area contributed by atoms with Crippen molar-refractivity contribution in [2.45, 2.75) is 6.92 Å². The van der Waals surface area contributed by atoms with E-state index in [-0.39, 0.29) is 11.6 Å². The number of thiazole rings is 1. The van der Waals surface area contributed by atoms with E-state index in [1.165, 1.54) is 11.3 Å². The number of thiophene rings is 1. The lowest BCUT2D eigenvalue weighted by atomic mass is 10.2. The maximum absolute atomic E-state index is 12.6. The van der Waals surface area contributed by atoms with E-state index in [9.17, 15) is 9.59 Å². The number of rotatable bonds is 6. The van der Waals surface area contributed by atoms with Crippen LogP contribution in [0, 0.1) is 0 Å². The third-order valence-electron chi connectivity index (χ3n) is 3.90. The molecule has 1 aromatic carbocycles. The summed E-state index contributed by atoms with van der Waals surface area (Å²) in [5.74, 6) is -0.697. The molecule has 0 bridgehead atoms. The molecule has 0 saturated carbocycles. The Balaban J connectivity index is 1.49. The number of carbonyl (C=O) groups is 2. The van der Waals surface area contributed by atoms with Gasteiger partial charge in [0, 0.05) is 11.9 Å². The summed E-state index contributed by atoms with van der Waals surface area (Å²) < 4.78 is 6.51. The van der Waals surface area contributed by atoms with Gasteiger partial charge >= 0.3 is 5.97 Å². The average molecular weight is 425 g/mol. The van der Waals surface area contributed by atoms with E-state index in [1.54, 1.807) is 59.6 Å². The zero-order valence-corrected chi connectivity index (χ0v) is 17.0. The molecule has 0 radical (unpaired) electrons. The minimum absolute atomic E-state index is 0.227. The quantitative estimate of drug-likeness (QED) is 0.461. The van der Waals surface area contributed by atoms with Crippen LogP contribution in [0.4, 0.5) is 5.69 Å². The van der Waals surface area contributed by atoms with Crippen LogP contribution in [0.1, 0.15) is 27.1 Å². The van der Waals surface area contributed by atoms with Crippen molar-refractivity contribution in [2.75, 3.05) is 11.9 Å². The first-order valence-corrected chi connectivity index (χ1v) is 10.5. The molecule has 146 valence electrons. The predicted molar refractivity (Wildman–Crippen MR) is 113 cm³/mol. The highest BCUT2D eigenvalue weighted by molar-refractivity contribution is 7.22. The van der Waals surface area contributed by atoms with Gasteiger partial charge in [-0.05, 0) is 42.6 Å². The summed E-state index contributed by atoms with van der Waals surface area (Å²) >= 11 is 2.93. The highest BCUT2D eigenvalue weighted by Crippen LogP contribution is 2.29. The fourth-order valence-corrected chi connectivity index (χ4v) is 4.21. The molecule has 1 amide bonds. The highest BCUT2D eigenvalue weighted by Gasteiger charge is 2.14. The van der Waals surface area contributed by atoms with Crippen LogP contribution < -0.4 is 5.32 Å². The first kappa shape index (κ1) is 19.0. The van der Waals surface area contributed by atoms with Crippen LogP contribution in [0.25, 0.3) is 15.6 Å². The SMILES string of the molecule is CCOC(=O)c1ccn(-c2cccc(NC(=O)c3cnc(-c4cccs4)s3)c2)n1. The molecule has 3 aromatic heterocycles. The van der Waals surface area contributed by atoms with Crippen molar-refractivity contribution < 1.29 is 14.3 Å². The van der Waals surface area contributed by atoms with Gasteiger partial charge in [-0.25, -0.2) is 14.5 Å². The number of esters is 1. The molecule has 0 spiro atoms. The van der Waals surface area contributed by atoms with Gasteiger partial charge in [-0.2, -0.15) is 5.10 Å². The molecule has 1 N–H and O–H groups in total. The Bertz CT molecular complexity index is 1150. The van der Waals surface area contributed by atoms with Gasteiger partial charge in [0.25, 0.3) is 5.91 Å². The third kappa shape index (κ3) is 4.25. The lowest BCUT2D eigenvalue weighted by Gasteiger charge is -2.06. The topological polar surface area (TPSA) is 86.1 Å². The normalized spacial score (nSPS) is 10.7. The molecule has 0 atom stereocenters. The standard InChI is InChI=1S/C20H16N4O3S2/c1-2-27-20(26)15-8-9-24(23-15)14-6-3-5-13(11-14)22-18(25)17-12-21-19(29-17)16-7-4-10-28-16/h3-12H,2H2,1H3,(H,22,25). The van der Waals surface area contributed by atoms with E-state index in [2.05, 4.69) is 15.4 Å². The van der Waals surface area contributed by atoms with Crippen LogP contribution in [0.3, 0.4) is 0 Å². The van der Waals surface area contributed by atoms with Crippen LogP contribution in [-0.4, -0.2) is 33.2 Å². The van der Waals surface area contributed by atoms with Gasteiger partial charge in [0.2, 0.25) is 0 Å². The van der Waals surface area contributed by atoms with Crippen molar-refractivity contribution >= 4 is 40.2 Å². The van der Waals surface area contributed by atoms with E-state index in [1.807, 2.05) is 23.6 Å². The van der Waals surface area contributed by atoms with E-state index in [0.717, 1.165) is 9.88 Å². The van der Waals surface area contributed by atoms with Crippen molar-refractivity contribution in [1.29, 1.82) is 0 Å². The van der Waals surface area contributed by atoms with Gasteiger partial charge in [-0.3, -0.25) is 4.79 Å². The lowest BCUT2D eigenvalue weighted by molar-refractivity contribution is 0.0519. The first-order valence-electron chi connectivity index (χ1n) is 8.78. The fraction of sp³-hybridized carbons (Fsp3) is 0.100. The molecule has 0 aliphatic heterocycles. The van der Waals surface area contributed by atoms with Gasteiger partial charge in [-0.15, -0.1) is 22.7 Å². The number of anilines is 1. The molecular weight excluding hydrogens is 408 g/mol. The van der Waals surface area contributed by atoms with Gasteiger partial charge in [0.1, 0.15) is 9.88 Å². The van der Waals surface area contributed by atoms with Crippen molar-refractivity contribution in [1.82, 2.24) is 14.8 Å². The maximum Gasteiger partial charge on any atom is 0.358 e. The summed E-state index contributed by atoms with van der Waals surface area (Å²) in [4.78, 5) is 30.3. The van der Waals surface area contributed by atoms with Crippen molar-refractivity contribution in [2.24, 2.45) is 0 Å². The van der Waals surface area contributed by atoms with Crippen LogP contribution in [0.5, 0.6) is 0 Å². The molecular formula is C20H16N4O3S2. The van der Waals surface area contributed by atoms with Crippen LogP contribution in [-0.2, 0) is 4.74 Å². The van der Waals surface area contributed by atoms with Crippen LogP contribution in [0.2, 0.25) is 0 Å². The second-order valence-electron chi connectivity index (χ2n) is 5.88. The predicted octanol–water partition coefficient (Wildman–Crippen LogP) is 4.49. The van der Waals surface area contributed by atoms with Crippen molar-refractivity contribution in [3.63, 3.8) is 0 Å². The average Bonchev–Trinajstić information content (AvgIpc) is 3.49. The van der Waals surface area contributed by atoms with E-state index in [0.29, 0.717) is 22.9 Å². The number of carbonyl (C=O) groups excluding carboxylic acids is 2. The number of aromatic nitrogens is 3. The molecule has 0 aliphatic rings. The molecule has 29 heavy (non-hydrogen) atoms. The Hall–Kier alpha value is -3.30. The lowest BCUT2D eigenvalue weighted by Crippen LogP contribution is -2.10. The molecule has 7 nitrogen and oxygen atoms in total. The van der Waals surface area contributed by atoms with Gasteiger partial charge < -0.3 is 10.1 Å². The van der Waals surface area contributed by atoms with Gasteiger partial charge in [-0.1, -0.05) is 12.1 Å². The molecule has 4 aromatic rings.